The van der Waals surface area contributed by atoms with Gasteiger partial charge in [0.15, 0.2) is 11.7 Å². The van der Waals surface area contributed by atoms with Crippen molar-refractivity contribution in [1.29, 1.82) is 0 Å². The molecule has 4 nitrogen and oxygen atoms in total. The molecule has 0 aliphatic heterocycles. The summed E-state index contributed by atoms with van der Waals surface area (Å²) in [4.78, 5) is 4.13. The summed E-state index contributed by atoms with van der Waals surface area (Å²) >= 11 is 0. The van der Waals surface area contributed by atoms with Crippen molar-refractivity contribution < 1.29 is 17.9 Å². The Bertz CT molecular complexity index is 720. The van der Waals surface area contributed by atoms with E-state index in [4.69, 9.17) is 5.73 Å². The molecule has 0 aliphatic rings. The first kappa shape index (κ1) is 21.1. The molecule has 0 aliphatic carbocycles. The number of alkyl halides is 3. The molecule has 0 aromatic heterocycles. The second-order valence-electron chi connectivity index (χ2n) is 5.17. The van der Waals surface area contributed by atoms with Crippen molar-refractivity contribution in [2.45, 2.75) is 19.7 Å². The van der Waals surface area contributed by atoms with Crippen LogP contribution in [0.15, 0.2) is 53.5 Å². The number of para-hydroxylation sites is 2. The van der Waals surface area contributed by atoms with Crippen LogP contribution >= 0.6 is 24.0 Å². The van der Waals surface area contributed by atoms with Crippen LogP contribution in [0.4, 0.5) is 18.9 Å². The molecule has 0 heterocycles. The Balaban J connectivity index is 0.00000312. The van der Waals surface area contributed by atoms with E-state index < -0.39 is 6.36 Å². The molecule has 0 saturated heterocycles. The number of nitrogens with one attached hydrogen (secondary N) is 1. The Hall–Kier alpha value is -1.97. The predicted molar refractivity (Wildman–Crippen MR) is 104 cm³/mol. The number of hydrogen-bond donors (Lipinski definition) is 2. The highest BCUT2D eigenvalue weighted by Crippen LogP contribution is 2.29. The van der Waals surface area contributed by atoms with Crippen molar-refractivity contribution in [3.05, 3.63) is 59.7 Å². The van der Waals surface area contributed by atoms with Gasteiger partial charge in [0.2, 0.25) is 0 Å². The van der Waals surface area contributed by atoms with Crippen molar-refractivity contribution in [2.75, 3.05) is 11.9 Å². The number of ether oxygens (including phenoxy) is 1. The number of halogens is 4. The van der Waals surface area contributed by atoms with Gasteiger partial charge in [0.05, 0.1) is 5.69 Å². The maximum Gasteiger partial charge on any atom is 0.573 e. The molecule has 8 heteroatoms. The smallest absolute Gasteiger partial charge is 0.404 e. The van der Waals surface area contributed by atoms with Gasteiger partial charge >= 0.3 is 6.36 Å². The average Bonchev–Trinajstić information content (AvgIpc) is 2.48. The number of hydrogen-bond acceptors (Lipinski definition) is 2. The molecule has 2 aromatic rings. The van der Waals surface area contributed by atoms with Crippen LogP contribution in [0.5, 0.6) is 5.75 Å². The molecule has 136 valence electrons. The van der Waals surface area contributed by atoms with Crippen molar-refractivity contribution in [3.8, 4) is 5.75 Å². The molecule has 0 unspecified atom stereocenters. The number of anilines is 1. The average molecular weight is 465 g/mol. The molecule has 0 bridgehead atoms. The highest BCUT2D eigenvalue weighted by atomic mass is 127. The Labute approximate surface area is 161 Å². The van der Waals surface area contributed by atoms with Crippen molar-refractivity contribution in [1.82, 2.24) is 0 Å². The maximum atomic E-state index is 12.4. The third-order valence-electron chi connectivity index (χ3n) is 3.14. The lowest BCUT2D eigenvalue weighted by atomic mass is 10.1. The number of aliphatic imine (C=N–C) groups is 1. The Morgan fingerprint density at radius 1 is 1.16 bits per heavy atom. The second-order valence-corrected chi connectivity index (χ2v) is 5.17. The fourth-order valence-corrected chi connectivity index (χ4v) is 2.13. The van der Waals surface area contributed by atoms with E-state index in [1.165, 1.54) is 18.2 Å². The van der Waals surface area contributed by atoms with E-state index in [1.54, 1.807) is 6.07 Å². The molecule has 0 fully saturated rings. The molecular formula is C17H19F3IN3O. The summed E-state index contributed by atoms with van der Waals surface area (Å²) in [6.45, 7) is 2.42. The monoisotopic (exact) mass is 465 g/mol. The molecule has 0 saturated carbocycles. The normalized spacial score (nSPS) is 11.6. The third-order valence-corrected chi connectivity index (χ3v) is 3.14. The lowest BCUT2D eigenvalue weighted by molar-refractivity contribution is -0.274. The minimum Gasteiger partial charge on any atom is -0.404 e. The van der Waals surface area contributed by atoms with E-state index in [-0.39, 0.29) is 41.4 Å². The van der Waals surface area contributed by atoms with Gasteiger partial charge in [-0.05, 0) is 31.0 Å². The molecule has 3 N–H and O–H groups in total. The molecule has 0 amide bonds. The van der Waals surface area contributed by atoms with Crippen LogP contribution in [0.1, 0.15) is 11.1 Å². The maximum absolute atomic E-state index is 12.4. The molecular weight excluding hydrogens is 446 g/mol. The summed E-state index contributed by atoms with van der Waals surface area (Å²) in [6, 6.07) is 13.6. The summed E-state index contributed by atoms with van der Waals surface area (Å²) in [5, 5.41) is 2.63. The number of benzene rings is 2. The van der Waals surface area contributed by atoms with Crippen LogP contribution in [-0.2, 0) is 6.42 Å². The summed E-state index contributed by atoms with van der Waals surface area (Å²) < 4.78 is 41.1. The Morgan fingerprint density at radius 2 is 1.88 bits per heavy atom. The number of guanidine groups is 1. The largest absolute Gasteiger partial charge is 0.573 e. The van der Waals surface area contributed by atoms with Gasteiger partial charge in [0, 0.05) is 6.54 Å². The summed E-state index contributed by atoms with van der Waals surface area (Å²) in [5.41, 5.74) is 8.11. The predicted octanol–water partition coefficient (Wildman–Crippen LogP) is 4.48. The minimum atomic E-state index is -4.77. The molecule has 2 aromatic carbocycles. The molecule has 2 rings (SSSR count). The quantitative estimate of drug-likeness (QED) is 0.389. The minimum absolute atomic E-state index is 0. The molecule has 0 spiro atoms. The SMILES string of the molecule is Cc1cccc(CCN=C(N)Nc2ccccc2OC(F)(F)F)c1.I. The van der Waals surface area contributed by atoms with Gasteiger partial charge in [0.1, 0.15) is 0 Å². The van der Waals surface area contributed by atoms with Crippen molar-refractivity contribution >= 4 is 35.6 Å². The molecule has 25 heavy (non-hydrogen) atoms. The van der Waals surface area contributed by atoms with Gasteiger partial charge in [-0.15, -0.1) is 37.1 Å². The standard InChI is InChI=1S/C17H18F3N3O.HI/c1-12-5-4-6-13(11-12)9-10-22-16(21)23-14-7-2-3-8-15(14)24-17(18,19)20;/h2-8,11H,9-10H2,1H3,(H3,21,22,23);1H. The van der Waals surface area contributed by atoms with Crippen LogP contribution in [0, 0.1) is 6.92 Å². The van der Waals surface area contributed by atoms with Crippen LogP contribution in [0.25, 0.3) is 0 Å². The fourth-order valence-electron chi connectivity index (χ4n) is 2.13. The van der Waals surface area contributed by atoms with Gasteiger partial charge < -0.3 is 15.8 Å². The first-order chi connectivity index (χ1) is 11.3. The van der Waals surface area contributed by atoms with Gasteiger partial charge in [-0.1, -0.05) is 42.0 Å². The number of nitrogens with two attached hydrogens (primary N) is 1. The summed E-state index contributed by atoms with van der Waals surface area (Å²) in [7, 11) is 0. The number of aryl methyl sites for hydroxylation is 1. The van der Waals surface area contributed by atoms with E-state index in [9.17, 15) is 13.2 Å². The van der Waals surface area contributed by atoms with Crippen LogP contribution in [0.2, 0.25) is 0 Å². The van der Waals surface area contributed by atoms with E-state index in [2.05, 4.69) is 15.0 Å². The second kappa shape index (κ2) is 9.50. The van der Waals surface area contributed by atoms with Crippen LogP contribution < -0.4 is 15.8 Å². The van der Waals surface area contributed by atoms with Crippen LogP contribution in [-0.4, -0.2) is 18.9 Å². The summed E-state index contributed by atoms with van der Waals surface area (Å²) in [5.74, 6) is -0.331. The molecule has 0 atom stereocenters. The van der Waals surface area contributed by atoms with Gasteiger partial charge in [-0.3, -0.25) is 4.99 Å². The highest BCUT2D eigenvalue weighted by molar-refractivity contribution is 14.0. The van der Waals surface area contributed by atoms with E-state index in [1.807, 2.05) is 31.2 Å². The first-order valence-electron chi connectivity index (χ1n) is 7.31. The molecule has 0 radical (unpaired) electrons. The lowest BCUT2D eigenvalue weighted by Gasteiger charge is -2.14. The van der Waals surface area contributed by atoms with E-state index >= 15 is 0 Å². The topological polar surface area (TPSA) is 59.6 Å². The summed E-state index contributed by atoms with van der Waals surface area (Å²) in [6.07, 6.45) is -4.08. The fraction of sp³-hybridized carbons (Fsp3) is 0.235. The van der Waals surface area contributed by atoms with Crippen LogP contribution in [0.3, 0.4) is 0 Å². The van der Waals surface area contributed by atoms with Gasteiger partial charge in [-0.25, -0.2) is 0 Å². The third kappa shape index (κ3) is 7.63. The lowest BCUT2D eigenvalue weighted by Crippen LogP contribution is -2.24. The number of nitrogens with zero attached hydrogens (tertiary/aromatic N) is 1. The zero-order valence-corrected chi connectivity index (χ0v) is 15.8. The van der Waals surface area contributed by atoms with Gasteiger partial charge in [-0.2, -0.15) is 0 Å². The highest BCUT2D eigenvalue weighted by Gasteiger charge is 2.32. The van der Waals surface area contributed by atoms with Crippen molar-refractivity contribution in [3.63, 3.8) is 0 Å². The first-order valence-corrected chi connectivity index (χ1v) is 7.31. The van der Waals surface area contributed by atoms with E-state index in [0.717, 1.165) is 11.1 Å². The van der Waals surface area contributed by atoms with E-state index in [0.29, 0.717) is 13.0 Å². The number of rotatable bonds is 5. The van der Waals surface area contributed by atoms with Crippen molar-refractivity contribution in [2.24, 2.45) is 10.7 Å². The zero-order valence-electron chi connectivity index (χ0n) is 13.5. The van der Waals surface area contributed by atoms with Gasteiger partial charge in [0.25, 0.3) is 0 Å². The Kier molecular flexibility index (Phi) is 8.01. The Morgan fingerprint density at radius 3 is 2.56 bits per heavy atom. The zero-order chi connectivity index (χ0) is 17.6.